The zero-order valence-electron chi connectivity index (χ0n) is 19.6. The van der Waals surface area contributed by atoms with Crippen molar-refractivity contribution in [3.8, 4) is 11.1 Å². The highest BCUT2D eigenvalue weighted by Gasteiger charge is 2.23. The molecule has 0 amide bonds. The minimum atomic E-state index is -1.20. The van der Waals surface area contributed by atoms with Crippen molar-refractivity contribution >= 4 is 5.57 Å². The highest BCUT2D eigenvalue weighted by Crippen LogP contribution is 2.36. The number of benzene rings is 3. The predicted octanol–water partition coefficient (Wildman–Crippen LogP) is 8.88. The molecule has 0 saturated carbocycles. The van der Waals surface area contributed by atoms with E-state index in [1.807, 2.05) is 6.08 Å². The molecule has 0 saturated heterocycles. The average molecular weight is 489 g/mol. The van der Waals surface area contributed by atoms with Crippen LogP contribution >= 0.6 is 0 Å². The summed E-state index contributed by atoms with van der Waals surface area (Å²) in [6, 6.07) is 8.48. The molecule has 0 nitrogen and oxygen atoms in total. The molecule has 0 bridgehead atoms. The van der Waals surface area contributed by atoms with Crippen molar-refractivity contribution in [1.29, 1.82) is 0 Å². The van der Waals surface area contributed by atoms with Crippen molar-refractivity contribution in [3.63, 3.8) is 0 Å². The molecule has 0 aliphatic heterocycles. The van der Waals surface area contributed by atoms with Crippen LogP contribution in [0.2, 0.25) is 0 Å². The number of allylic oxidation sites excluding steroid dienone is 2. The Balaban J connectivity index is 1.46. The zero-order chi connectivity index (χ0) is 25.3. The van der Waals surface area contributed by atoms with Gasteiger partial charge in [-0.2, -0.15) is 0 Å². The molecule has 3 aromatic carbocycles. The van der Waals surface area contributed by atoms with Gasteiger partial charge in [0.1, 0.15) is 0 Å². The molecule has 6 heteroatoms. The first-order chi connectivity index (χ1) is 16.7. The fraction of sp³-hybridized carbons (Fsp3) is 0.310. The van der Waals surface area contributed by atoms with Crippen LogP contribution in [0.1, 0.15) is 54.9 Å². The first kappa shape index (κ1) is 25.1. The van der Waals surface area contributed by atoms with Gasteiger partial charge in [0, 0.05) is 16.7 Å². The first-order valence-electron chi connectivity index (χ1n) is 11.8. The summed E-state index contributed by atoms with van der Waals surface area (Å²) in [4.78, 5) is 0. The lowest BCUT2D eigenvalue weighted by Crippen LogP contribution is -2.09. The molecule has 4 rings (SSSR count). The predicted molar refractivity (Wildman–Crippen MR) is 126 cm³/mol. The van der Waals surface area contributed by atoms with E-state index in [0.29, 0.717) is 19.3 Å². The molecule has 1 aliphatic rings. The Morgan fingerprint density at radius 2 is 1.26 bits per heavy atom. The summed E-state index contributed by atoms with van der Waals surface area (Å²) in [6.45, 7) is 3.19. The second-order valence-corrected chi connectivity index (χ2v) is 9.12. The van der Waals surface area contributed by atoms with Crippen LogP contribution in [-0.2, 0) is 12.8 Å². The van der Waals surface area contributed by atoms with E-state index in [-0.39, 0.29) is 52.1 Å². The number of hydrogen-bond donors (Lipinski definition) is 0. The van der Waals surface area contributed by atoms with E-state index in [1.165, 1.54) is 31.2 Å². The van der Waals surface area contributed by atoms with Crippen LogP contribution in [0.25, 0.3) is 16.7 Å². The Morgan fingerprint density at radius 1 is 0.686 bits per heavy atom. The quantitative estimate of drug-likeness (QED) is 0.304. The Kier molecular flexibility index (Phi) is 7.39. The topological polar surface area (TPSA) is 0 Å². The highest BCUT2D eigenvalue weighted by molar-refractivity contribution is 5.67. The fourth-order valence-corrected chi connectivity index (χ4v) is 4.71. The van der Waals surface area contributed by atoms with Gasteiger partial charge in [-0.15, -0.1) is 0 Å². The molecule has 0 aromatic heterocycles. The molecule has 184 valence electrons. The van der Waals surface area contributed by atoms with E-state index >= 15 is 0 Å². The van der Waals surface area contributed by atoms with Crippen LogP contribution < -0.4 is 0 Å². The largest absolute Gasteiger partial charge is 0.203 e. The third-order valence-corrected chi connectivity index (χ3v) is 6.96. The fourth-order valence-electron chi connectivity index (χ4n) is 4.71. The van der Waals surface area contributed by atoms with Gasteiger partial charge in [-0.1, -0.05) is 49.4 Å². The van der Waals surface area contributed by atoms with Gasteiger partial charge in [-0.3, -0.25) is 0 Å². The Morgan fingerprint density at radius 3 is 1.86 bits per heavy atom. The smallest absolute Gasteiger partial charge is 0.167 e. The molecule has 3 aromatic rings. The lowest BCUT2D eigenvalue weighted by molar-refractivity contribution is 0.438. The van der Waals surface area contributed by atoms with Crippen LogP contribution in [0.4, 0.5) is 26.3 Å². The summed E-state index contributed by atoms with van der Waals surface area (Å²) in [6.07, 6.45) is 4.94. The van der Waals surface area contributed by atoms with Crippen molar-refractivity contribution in [2.75, 3.05) is 0 Å². The summed E-state index contributed by atoms with van der Waals surface area (Å²) in [7, 11) is 0. The number of rotatable bonds is 6. The molecule has 0 N–H and O–H groups in total. The van der Waals surface area contributed by atoms with Gasteiger partial charge in [0.05, 0.1) is 0 Å². The van der Waals surface area contributed by atoms with Crippen molar-refractivity contribution < 1.29 is 26.3 Å². The van der Waals surface area contributed by atoms with E-state index in [2.05, 4.69) is 0 Å². The van der Waals surface area contributed by atoms with Gasteiger partial charge in [-0.05, 0) is 73.6 Å². The number of halogens is 6. The Labute approximate surface area is 201 Å². The van der Waals surface area contributed by atoms with Crippen LogP contribution in [0, 0.1) is 47.7 Å². The third kappa shape index (κ3) is 4.89. The molecule has 0 spiro atoms. The summed E-state index contributed by atoms with van der Waals surface area (Å²) in [5, 5.41) is 0. The molecule has 0 radical (unpaired) electrons. The maximum Gasteiger partial charge on any atom is 0.167 e. The van der Waals surface area contributed by atoms with E-state index in [4.69, 9.17) is 0 Å². The van der Waals surface area contributed by atoms with E-state index in [9.17, 15) is 26.3 Å². The maximum atomic E-state index is 14.8. The van der Waals surface area contributed by atoms with Crippen LogP contribution in [0.3, 0.4) is 0 Å². The average Bonchev–Trinajstić information content (AvgIpc) is 2.86. The van der Waals surface area contributed by atoms with Gasteiger partial charge in [-0.25, -0.2) is 26.3 Å². The van der Waals surface area contributed by atoms with Crippen LogP contribution in [-0.4, -0.2) is 0 Å². The van der Waals surface area contributed by atoms with Gasteiger partial charge in [0.2, 0.25) is 0 Å². The minimum Gasteiger partial charge on any atom is -0.203 e. The SMILES string of the molecule is CCc1ccc(-c2ccc(CCC3CC=C(c4ccc(C)c(F)c4F)CC3)c(F)c2F)c(F)c1F. The summed E-state index contributed by atoms with van der Waals surface area (Å²) in [5.41, 5.74) is 0.984. The van der Waals surface area contributed by atoms with Gasteiger partial charge in [0.15, 0.2) is 34.9 Å². The second-order valence-electron chi connectivity index (χ2n) is 9.12. The molecular formula is C29H26F6. The van der Waals surface area contributed by atoms with E-state index in [1.54, 1.807) is 19.1 Å². The summed E-state index contributed by atoms with van der Waals surface area (Å²) >= 11 is 0. The Hall–Kier alpha value is -3.02. The standard InChI is InChI=1S/C29H26F6/c1-3-18-11-14-22(28(34)25(18)31)23-15-12-20(26(32)29(23)35)10-7-17-5-8-19(9-6-17)21-13-4-16(2)24(30)27(21)33/h4,8,11-15,17H,3,5-7,9-10H2,1-2H3. The number of hydrogen-bond acceptors (Lipinski definition) is 0. The maximum absolute atomic E-state index is 14.8. The normalized spacial score (nSPS) is 15.9. The van der Waals surface area contributed by atoms with E-state index in [0.717, 1.165) is 12.0 Å². The lowest BCUT2D eigenvalue weighted by Gasteiger charge is -2.23. The molecule has 1 atom stereocenters. The molecular weight excluding hydrogens is 462 g/mol. The van der Waals surface area contributed by atoms with E-state index < -0.39 is 34.9 Å². The zero-order valence-corrected chi connectivity index (χ0v) is 19.6. The summed E-state index contributed by atoms with van der Waals surface area (Å²) in [5.74, 6) is -5.99. The summed E-state index contributed by atoms with van der Waals surface area (Å²) < 4.78 is 86.4. The Bertz CT molecular complexity index is 1290. The van der Waals surface area contributed by atoms with Gasteiger partial charge < -0.3 is 0 Å². The molecule has 1 aliphatic carbocycles. The monoisotopic (exact) mass is 488 g/mol. The van der Waals surface area contributed by atoms with Gasteiger partial charge in [0.25, 0.3) is 0 Å². The van der Waals surface area contributed by atoms with Gasteiger partial charge >= 0.3 is 0 Å². The molecule has 35 heavy (non-hydrogen) atoms. The molecule has 1 unspecified atom stereocenters. The van der Waals surface area contributed by atoms with Crippen molar-refractivity contribution in [3.05, 3.63) is 99.6 Å². The number of aryl methyl sites for hydroxylation is 3. The molecule has 0 fully saturated rings. The first-order valence-corrected chi connectivity index (χ1v) is 11.8. The lowest BCUT2D eigenvalue weighted by atomic mass is 9.83. The van der Waals surface area contributed by atoms with Crippen molar-refractivity contribution in [2.24, 2.45) is 5.92 Å². The van der Waals surface area contributed by atoms with Crippen molar-refractivity contribution in [1.82, 2.24) is 0 Å². The second kappa shape index (κ2) is 10.3. The van der Waals surface area contributed by atoms with Crippen molar-refractivity contribution in [2.45, 2.75) is 52.4 Å². The third-order valence-electron chi connectivity index (χ3n) is 6.96. The molecule has 0 heterocycles. The minimum absolute atomic E-state index is 0.165. The highest BCUT2D eigenvalue weighted by atomic mass is 19.2. The van der Waals surface area contributed by atoms with Crippen LogP contribution in [0.5, 0.6) is 0 Å². The van der Waals surface area contributed by atoms with Crippen LogP contribution in [0.15, 0.2) is 42.5 Å².